The molecule has 1 atom stereocenters. The third-order valence-corrected chi connectivity index (χ3v) is 5.27. The van der Waals surface area contributed by atoms with Gasteiger partial charge in [0.2, 0.25) is 10.9 Å². The van der Waals surface area contributed by atoms with Crippen molar-refractivity contribution in [3.63, 3.8) is 0 Å². The minimum absolute atomic E-state index is 0. The van der Waals surface area contributed by atoms with Gasteiger partial charge in [-0.3, -0.25) is 24.6 Å². The molecule has 0 radical (unpaired) electrons. The van der Waals surface area contributed by atoms with Gasteiger partial charge in [0.25, 0.3) is 0 Å². The first-order valence-corrected chi connectivity index (χ1v) is 16.5. The molecule has 19 heteroatoms. The van der Waals surface area contributed by atoms with E-state index in [2.05, 4.69) is 26.4 Å². The molecule has 0 bridgehead atoms. The molecule has 3 rings (SSSR count). The maximum Gasteiger partial charge on any atom is 0.340 e. The van der Waals surface area contributed by atoms with Crippen LogP contribution in [0.3, 0.4) is 0 Å². The summed E-state index contributed by atoms with van der Waals surface area (Å²) in [5.41, 5.74) is 5.42. The molecule has 0 aliphatic carbocycles. The van der Waals surface area contributed by atoms with E-state index in [1.807, 2.05) is 13.8 Å². The van der Waals surface area contributed by atoms with Crippen molar-refractivity contribution in [3.8, 4) is 0 Å². The second-order valence-corrected chi connectivity index (χ2v) is 10.8. The molecule has 0 aromatic heterocycles. The minimum atomic E-state index is -3.92. The number of aliphatic hydroxyl groups excluding tert-OH is 1. The van der Waals surface area contributed by atoms with Crippen LogP contribution in [0, 0.1) is 0 Å². The highest BCUT2D eigenvalue weighted by atomic mass is 32.2. The highest BCUT2D eigenvalue weighted by molar-refractivity contribution is 7.84. The summed E-state index contributed by atoms with van der Waals surface area (Å²) >= 11 is -3.11. The van der Waals surface area contributed by atoms with Crippen LogP contribution in [-0.4, -0.2) is 69.9 Å². The third kappa shape index (κ3) is 17.6. The fraction of sp³-hybridized carbons (Fsp3) is 0.345. The van der Waals surface area contributed by atoms with Crippen molar-refractivity contribution < 1.29 is 45.7 Å². The lowest BCUT2D eigenvalue weighted by atomic mass is 10.2. The van der Waals surface area contributed by atoms with Gasteiger partial charge in [-0.1, -0.05) is 51.6 Å². The first-order chi connectivity index (χ1) is 22.2. The Hall–Kier alpha value is -4.21. The lowest BCUT2D eigenvalue weighted by Crippen LogP contribution is -2.48. The Bertz CT molecular complexity index is 1780. The van der Waals surface area contributed by atoms with Crippen LogP contribution < -0.4 is 37.7 Å². The Kier molecular flexibility index (Phi) is 21.1. The largest absolute Gasteiger partial charge is 0.784 e. The lowest BCUT2D eigenvalue weighted by Gasteiger charge is -2.15. The van der Waals surface area contributed by atoms with Gasteiger partial charge in [0, 0.05) is 25.0 Å². The van der Waals surface area contributed by atoms with Crippen LogP contribution in [0.2, 0.25) is 0 Å². The monoisotopic (exact) mass is 712 g/mol. The number of rotatable bonds is 13. The summed E-state index contributed by atoms with van der Waals surface area (Å²) < 4.78 is 63.2. The lowest BCUT2D eigenvalue weighted by molar-refractivity contribution is -0.102. The van der Waals surface area contributed by atoms with Crippen LogP contribution in [0.1, 0.15) is 49.9 Å². The van der Waals surface area contributed by atoms with Gasteiger partial charge in [0.05, 0.1) is 27.1 Å². The zero-order chi connectivity index (χ0) is 35.4. The van der Waals surface area contributed by atoms with E-state index in [9.17, 15) is 19.5 Å². The third-order valence-electron chi connectivity index (χ3n) is 5.27. The number of anilines is 2. The molecule has 3 aromatic carbocycles. The SMILES string of the molecule is C.CCCOC(O)c1ccccc1NN=c1c(=O)ccc(=NNc2ccccc2C(=O)OCCNCC)c1=O.CS(=O)(=O)[O-].O=S([O-])[O-]. The molecule has 0 aliphatic rings. The second-order valence-electron chi connectivity index (χ2n) is 8.96. The number of carbonyl (C=O) groups is 1. The normalized spacial score (nSPS) is 12.1. The van der Waals surface area contributed by atoms with E-state index in [0.29, 0.717) is 36.3 Å². The molecule has 0 heterocycles. The average Bonchev–Trinajstić information content (AvgIpc) is 3.00. The average molecular weight is 713 g/mol. The number of esters is 1. The Morgan fingerprint density at radius 1 is 0.958 bits per heavy atom. The fourth-order valence-corrected chi connectivity index (χ4v) is 3.34. The van der Waals surface area contributed by atoms with Crippen LogP contribution >= 0.6 is 0 Å². The van der Waals surface area contributed by atoms with Gasteiger partial charge in [0.1, 0.15) is 12.0 Å². The number of aliphatic hydroxyl groups is 1. The van der Waals surface area contributed by atoms with Gasteiger partial charge in [-0.25, -0.2) is 13.2 Å². The van der Waals surface area contributed by atoms with Crippen molar-refractivity contribution in [2.75, 3.05) is 43.4 Å². The van der Waals surface area contributed by atoms with Crippen molar-refractivity contribution in [2.45, 2.75) is 34.0 Å². The molecule has 0 amide bonds. The Morgan fingerprint density at radius 3 is 2.12 bits per heavy atom. The topological polar surface area (TPSA) is 271 Å². The van der Waals surface area contributed by atoms with Crippen molar-refractivity contribution in [1.82, 2.24) is 5.32 Å². The summed E-state index contributed by atoms with van der Waals surface area (Å²) in [4.78, 5) is 37.9. The Morgan fingerprint density at radius 2 is 1.52 bits per heavy atom. The minimum Gasteiger partial charge on any atom is -0.784 e. The summed E-state index contributed by atoms with van der Waals surface area (Å²) in [6, 6.07) is 15.7. The molecule has 0 fully saturated rings. The second kappa shape index (κ2) is 23.2. The maximum atomic E-state index is 13.0. The molecule has 48 heavy (non-hydrogen) atoms. The number of nitrogens with zero attached hydrogens (tertiary/aromatic N) is 2. The van der Waals surface area contributed by atoms with Crippen molar-refractivity contribution in [1.29, 1.82) is 0 Å². The van der Waals surface area contributed by atoms with E-state index in [4.69, 9.17) is 35.8 Å². The molecule has 266 valence electrons. The maximum absolute atomic E-state index is 13.0. The van der Waals surface area contributed by atoms with Crippen LogP contribution in [-0.2, 0) is 31.0 Å². The molecule has 0 spiro atoms. The number of nitrogens with one attached hydrogen (secondary N) is 3. The van der Waals surface area contributed by atoms with Crippen LogP contribution in [0.4, 0.5) is 11.4 Å². The zero-order valence-electron chi connectivity index (χ0n) is 25.5. The molecular weight excluding hydrogens is 674 g/mol. The highest BCUT2D eigenvalue weighted by Gasteiger charge is 2.13. The molecule has 4 N–H and O–H groups in total. The molecular formula is C29H38N5O12S2-3. The van der Waals surface area contributed by atoms with Crippen LogP contribution in [0.15, 0.2) is 80.5 Å². The van der Waals surface area contributed by atoms with Crippen molar-refractivity contribution >= 4 is 38.8 Å². The van der Waals surface area contributed by atoms with Gasteiger partial charge in [-0.05, 0) is 43.3 Å². The Labute approximate surface area is 279 Å². The van der Waals surface area contributed by atoms with E-state index >= 15 is 0 Å². The van der Waals surface area contributed by atoms with E-state index in [1.54, 1.807) is 48.5 Å². The number of likely N-dealkylation sites (N-methyl/N-ethyl adjacent to an activating group) is 1. The number of hydrogen-bond acceptors (Lipinski definition) is 17. The van der Waals surface area contributed by atoms with Gasteiger partial charge < -0.3 is 33.6 Å². The van der Waals surface area contributed by atoms with Crippen LogP contribution in [0.5, 0.6) is 0 Å². The predicted octanol–water partition coefficient (Wildman–Crippen LogP) is 0.115. The molecule has 1 unspecified atom stereocenters. The first kappa shape index (κ1) is 43.8. The summed E-state index contributed by atoms with van der Waals surface area (Å²) in [5, 5.41) is 21.0. The number of carbonyl (C=O) groups excluding carboxylic acids is 1. The first-order valence-electron chi connectivity index (χ1n) is 13.7. The van der Waals surface area contributed by atoms with Crippen molar-refractivity contribution in [2.24, 2.45) is 10.2 Å². The smallest absolute Gasteiger partial charge is 0.340 e. The molecule has 0 aliphatic heterocycles. The van der Waals surface area contributed by atoms with Gasteiger partial charge in [-0.15, -0.1) is 11.4 Å². The quantitative estimate of drug-likeness (QED) is 0.0457. The Balaban J connectivity index is 0.00000196. The molecule has 0 saturated heterocycles. The number of ether oxygens (including phenoxy) is 2. The van der Waals surface area contributed by atoms with Gasteiger partial charge >= 0.3 is 5.97 Å². The number of hydrogen-bond donors (Lipinski definition) is 4. The molecule has 17 nitrogen and oxygen atoms in total. The summed E-state index contributed by atoms with van der Waals surface area (Å²) in [7, 11) is -3.92. The summed E-state index contributed by atoms with van der Waals surface area (Å²) in [6.45, 7) is 5.72. The number of benzene rings is 3. The van der Waals surface area contributed by atoms with Gasteiger partial charge in [0.15, 0.2) is 11.6 Å². The van der Waals surface area contributed by atoms with E-state index in [0.717, 1.165) is 13.0 Å². The fourth-order valence-electron chi connectivity index (χ4n) is 3.34. The highest BCUT2D eigenvalue weighted by Crippen LogP contribution is 2.23. The van der Waals surface area contributed by atoms with E-state index < -0.39 is 44.6 Å². The zero-order valence-corrected chi connectivity index (χ0v) is 27.2. The standard InChI is InChI=1S/C27H31N5O6.CH4O3S.CH4.H2O3S/c1-3-16-37-26(35)19-10-6-8-12-21(19)30-32-24-23(33)14-13-22(25(24)34)31-29-20-11-7-5-9-18(20)27(36)38-17-15-28-4-2;1-5(2,3)4;;1-4(2)3/h5-14,26,28-30,35H,3-4,15-17H2,1-2H3;1H3,(H,2,3,4);1H4;(H2,1,2,3)/p-3. The van der Waals surface area contributed by atoms with E-state index in [-0.39, 0.29) is 30.3 Å². The summed E-state index contributed by atoms with van der Waals surface area (Å²) in [5.74, 6) is -0.540. The summed E-state index contributed by atoms with van der Waals surface area (Å²) in [6.07, 6.45) is 0.128. The van der Waals surface area contributed by atoms with Gasteiger partial charge in [-0.2, -0.15) is 10.2 Å². The van der Waals surface area contributed by atoms with Crippen LogP contribution in [0.25, 0.3) is 0 Å². The van der Waals surface area contributed by atoms with E-state index in [1.165, 1.54) is 12.1 Å². The van der Waals surface area contributed by atoms with Crippen molar-refractivity contribution in [3.05, 3.63) is 103 Å². The predicted molar refractivity (Wildman–Crippen MR) is 175 cm³/mol. The molecule has 0 saturated carbocycles. The molecule has 3 aromatic rings. The number of para-hydroxylation sites is 2.